The van der Waals surface area contributed by atoms with Gasteiger partial charge in [-0.15, -0.1) is 0 Å². The van der Waals surface area contributed by atoms with Crippen LogP contribution in [0.3, 0.4) is 0 Å². The zero-order valence-corrected chi connectivity index (χ0v) is 11.3. The quantitative estimate of drug-likeness (QED) is 0.685. The number of nitro benzene ring substituents is 1. The number of carbonyl (C=O) groups is 1. The zero-order chi connectivity index (χ0) is 15.6. The first-order chi connectivity index (χ1) is 9.82. The maximum absolute atomic E-state index is 13.9. The van der Waals surface area contributed by atoms with Crippen molar-refractivity contribution >= 4 is 11.6 Å². The first-order valence-electron chi connectivity index (χ1n) is 6.36. The highest BCUT2D eigenvalue weighted by Gasteiger charge is 2.32. The van der Waals surface area contributed by atoms with E-state index in [-0.39, 0.29) is 0 Å². The lowest BCUT2D eigenvalue weighted by molar-refractivity contribution is -0.387. The molecule has 0 atom stereocenters. The maximum atomic E-state index is 13.9. The Balaban J connectivity index is 2.29. The predicted molar refractivity (Wildman–Crippen MR) is 68.9 cm³/mol. The normalized spacial score (nSPS) is 17.3. The summed E-state index contributed by atoms with van der Waals surface area (Å²) in [6.07, 6.45) is 1.05. The summed E-state index contributed by atoms with van der Waals surface area (Å²) < 4.78 is 32.4. The topological polar surface area (TPSA) is 81.5 Å². The number of carbonyl (C=O) groups excluding carboxylic acids is 1. The Labute approximate surface area is 119 Å². The number of nitrogens with one attached hydrogen (secondary N) is 1. The molecule has 1 aliphatic rings. The Morgan fingerprint density at radius 2 is 2.00 bits per heavy atom. The van der Waals surface area contributed by atoms with Crippen LogP contribution in [0.25, 0.3) is 0 Å². The van der Waals surface area contributed by atoms with E-state index < -0.39 is 39.3 Å². The van der Waals surface area contributed by atoms with Crippen molar-refractivity contribution in [2.75, 3.05) is 13.2 Å². The minimum Gasteiger partial charge on any atom is -0.381 e. The highest BCUT2D eigenvalue weighted by Crippen LogP contribution is 2.25. The van der Waals surface area contributed by atoms with Gasteiger partial charge in [-0.25, -0.2) is 4.39 Å². The lowest BCUT2D eigenvalue weighted by Crippen LogP contribution is -2.49. The summed E-state index contributed by atoms with van der Waals surface area (Å²) in [6.45, 7) is 2.66. The van der Waals surface area contributed by atoms with Gasteiger partial charge in [0.1, 0.15) is 5.82 Å². The highest BCUT2D eigenvalue weighted by molar-refractivity contribution is 5.95. The van der Waals surface area contributed by atoms with Crippen LogP contribution >= 0.6 is 0 Å². The second-order valence-electron chi connectivity index (χ2n) is 5.17. The van der Waals surface area contributed by atoms with Crippen LogP contribution < -0.4 is 5.32 Å². The molecule has 1 saturated heterocycles. The Morgan fingerprint density at radius 3 is 2.57 bits per heavy atom. The molecule has 0 unspecified atom stereocenters. The van der Waals surface area contributed by atoms with Gasteiger partial charge in [-0.2, -0.15) is 4.39 Å². The van der Waals surface area contributed by atoms with Crippen LogP contribution in [0.2, 0.25) is 0 Å². The second-order valence-corrected chi connectivity index (χ2v) is 5.17. The van der Waals surface area contributed by atoms with Crippen molar-refractivity contribution in [1.82, 2.24) is 5.32 Å². The molecule has 1 amide bonds. The number of benzene rings is 1. The Hall–Kier alpha value is -2.09. The monoisotopic (exact) mass is 300 g/mol. The first kappa shape index (κ1) is 15.3. The molecule has 1 aromatic carbocycles. The van der Waals surface area contributed by atoms with Gasteiger partial charge in [0.25, 0.3) is 5.91 Å². The molecule has 1 aromatic rings. The number of amides is 1. The van der Waals surface area contributed by atoms with Crippen LogP contribution in [0.5, 0.6) is 0 Å². The summed E-state index contributed by atoms with van der Waals surface area (Å²) in [4.78, 5) is 21.7. The number of nitro groups is 1. The minimum atomic E-state index is -1.34. The van der Waals surface area contributed by atoms with Crippen molar-refractivity contribution in [3.63, 3.8) is 0 Å². The van der Waals surface area contributed by atoms with E-state index in [1.54, 1.807) is 6.92 Å². The van der Waals surface area contributed by atoms with Crippen molar-refractivity contribution in [2.45, 2.75) is 25.3 Å². The fourth-order valence-corrected chi connectivity index (χ4v) is 2.16. The number of halogens is 2. The van der Waals surface area contributed by atoms with Gasteiger partial charge >= 0.3 is 5.69 Å². The van der Waals surface area contributed by atoms with Crippen LogP contribution in [-0.2, 0) is 4.74 Å². The molecule has 2 rings (SSSR count). The van der Waals surface area contributed by atoms with E-state index in [1.165, 1.54) is 0 Å². The average Bonchev–Trinajstić information content (AvgIpc) is 2.40. The Kier molecular flexibility index (Phi) is 4.17. The smallest absolute Gasteiger partial charge is 0.308 e. The van der Waals surface area contributed by atoms with Gasteiger partial charge in [0, 0.05) is 18.8 Å². The first-order valence-corrected chi connectivity index (χ1v) is 6.36. The summed E-state index contributed by atoms with van der Waals surface area (Å²) >= 11 is 0. The van der Waals surface area contributed by atoms with Gasteiger partial charge in [0.15, 0.2) is 0 Å². The molecule has 21 heavy (non-hydrogen) atoms. The van der Waals surface area contributed by atoms with Crippen molar-refractivity contribution in [3.05, 3.63) is 39.4 Å². The van der Waals surface area contributed by atoms with Crippen molar-refractivity contribution in [3.8, 4) is 0 Å². The molecule has 6 nitrogen and oxygen atoms in total. The predicted octanol–water partition coefficient (Wildman–Crippen LogP) is 2.17. The molecule has 0 aromatic heterocycles. The zero-order valence-electron chi connectivity index (χ0n) is 11.3. The molecule has 0 spiro atoms. The van der Waals surface area contributed by atoms with E-state index in [1.807, 2.05) is 0 Å². The number of nitrogens with zero attached hydrogens (tertiary/aromatic N) is 1. The largest absolute Gasteiger partial charge is 0.381 e. The van der Waals surface area contributed by atoms with Crippen LogP contribution in [0.15, 0.2) is 12.1 Å². The van der Waals surface area contributed by atoms with E-state index in [0.717, 1.165) is 0 Å². The molecule has 0 aliphatic carbocycles. The SMILES string of the molecule is CC1(NC(=O)c2cc(F)cc([N+](=O)[O-])c2F)CCOCC1. The number of rotatable bonds is 3. The molecular formula is C13H14F2N2O4. The van der Waals surface area contributed by atoms with Gasteiger partial charge in [-0.1, -0.05) is 0 Å². The maximum Gasteiger partial charge on any atom is 0.308 e. The molecule has 114 valence electrons. The third-order valence-corrected chi connectivity index (χ3v) is 3.47. The fourth-order valence-electron chi connectivity index (χ4n) is 2.16. The van der Waals surface area contributed by atoms with Crippen molar-refractivity contribution < 1.29 is 23.2 Å². The van der Waals surface area contributed by atoms with E-state index in [0.29, 0.717) is 38.2 Å². The molecule has 0 saturated carbocycles. The summed E-state index contributed by atoms with van der Waals surface area (Å²) in [5, 5.41) is 13.3. The molecule has 1 fully saturated rings. The van der Waals surface area contributed by atoms with Crippen LogP contribution in [0, 0.1) is 21.7 Å². The van der Waals surface area contributed by atoms with Crippen molar-refractivity contribution in [1.29, 1.82) is 0 Å². The van der Waals surface area contributed by atoms with Gasteiger partial charge in [-0.05, 0) is 25.8 Å². The molecule has 1 aliphatic heterocycles. The van der Waals surface area contributed by atoms with Gasteiger partial charge in [0.05, 0.1) is 16.6 Å². The lowest BCUT2D eigenvalue weighted by Gasteiger charge is -2.34. The van der Waals surface area contributed by atoms with Crippen LogP contribution in [0.4, 0.5) is 14.5 Å². The molecule has 8 heteroatoms. The number of ether oxygens (including phenoxy) is 1. The lowest BCUT2D eigenvalue weighted by atomic mass is 9.92. The third-order valence-electron chi connectivity index (χ3n) is 3.47. The van der Waals surface area contributed by atoms with E-state index in [4.69, 9.17) is 4.74 Å². The highest BCUT2D eigenvalue weighted by atomic mass is 19.1. The van der Waals surface area contributed by atoms with Gasteiger partial charge < -0.3 is 10.1 Å². The third kappa shape index (κ3) is 3.33. The Bertz CT molecular complexity index is 586. The van der Waals surface area contributed by atoms with E-state index in [2.05, 4.69) is 5.32 Å². The van der Waals surface area contributed by atoms with Gasteiger partial charge in [0.2, 0.25) is 5.82 Å². The van der Waals surface area contributed by atoms with Gasteiger partial charge in [-0.3, -0.25) is 14.9 Å². The van der Waals surface area contributed by atoms with Crippen molar-refractivity contribution in [2.24, 2.45) is 0 Å². The second kappa shape index (κ2) is 5.72. The molecule has 1 N–H and O–H groups in total. The van der Waals surface area contributed by atoms with Crippen LogP contribution in [-0.4, -0.2) is 29.6 Å². The summed E-state index contributed by atoms with van der Waals surface area (Å²) in [6, 6.07) is 1.10. The molecule has 0 bridgehead atoms. The van der Waals surface area contributed by atoms with E-state index >= 15 is 0 Å². The summed E-state index contributed by atoms with van der Waals surface area (Å²) in [5.41, 5.74) is -2.34. The number of hydrogen-bond acceptors (Lipinski definition) is 4. The van der Waals surface area contributed by atoms with Crippen LogP contribution in [0.1, 0.15) is 30.1 Å². The average molecular weight is 300 g/mol. The fraction of sp³-hybridized carbons (Fsp3) is 0.462. The van der Waals surface area contributed by atoms with E-state index in [9.17, 15) is 23.7 Å². The molecular weight excluding hydrogens is 286 g/mol. The summed E-state index contributed by atoms with van der Waals surface area (Å²) in [7, 11) is 0. The summed E-state index contributed by atoms with van der Waals surface area (Å²) in [5.74, 6) is -3.25. The molecule has 1 heterocycles. The Morgan fingerprint density at radius 1 is 1.38 bits per heavy atom. The number of hydrogen-bond donors (Lipinski definition) is 1. The molecule has 0 radical (unpaired) electrons. The standard InChI is InChI=1S/C13H14F2N2O4/c1-13(2-4-21-5-3-13)16-12(18)9-6-8(14)7-10(11(9)15)17(19)20/h6-7H,2-5H2,1H3,(H,16,18). The minimum absolute atomic E-state index is 0.447.